The molecule has 3 aromatic rings. The molecule has 0 aliphatic carbocycles. The summed E-state index contributed by atoms with van der Waals surface area (Å²) >= 11 is 3.57. The zero-order valence-electron chi connectivity index (χ0n) is 24.0. The number of carboxylic acids is 1. The van der Waals surface area contributed by atoms with Crippen LogP contribution in [0.2, 0.25) is 0 Å². The van der Waals surface area contributed by atoms with Crippen molar-refractivity contribution >= 4 is 35.4 Å². The summed E-state index contributed by atoms with van der Waals surface area (Å²) in [7, 11) is 1.76. The van der Waals surface area contributed by atoms with Crippen LogP contribution in [0, 0.1) is 6.92 Å². The molecule has 8 heteroatoms. The zero-order valence-corrected chi connectivity index (χ0v) is 25.7. The summed E-state index contributed by atoms with van der Waals surface area (Å²) in [6, 6.07) is 24.0. The molecule has 0 saturated carbocycles. The van der Waals surface area contributed by atoms with Gasteiger partial charge in [-0.1, -0.05) is 60.7 Å². The molecule has 6 nitrogen and oxygen atoms in total. The Balaban J connectivity index is 1.56. The van der Waals surface area contributed by atoms with Crippen LogP contribution in [0.1, 0.15) is 39.9 Å². The molecule has 1 aliphatic heterocycles. The van der Waals surface area contributed by atoms with Gasteiger partial charge in [0.15, 0.2) is 0 Å². The van der Waals surface area contributed by atoms with Gasteiger partial charge in [-0.3, -0.25) is 9.69 Å². The minimum atomic E-state index is -1.01. The van der Waals surface area contributed by atoms with Crippen LogP contribution < -0.4 is 5.32 Å². The summed E-state index contributed by atoms with van der Waals surface area (Å²) in [5.74, 6) is 0.275. The maximum absolute atomic E-state index is 13.4. The second-order valence-corrected chi connectivity index (χ2v) is 12.8. The smallest absolute Gasteiger partial charge is 0.326 e. The molecule has 218 valence electrons. The van der Waals surface area contributed by atoms with Crippen LogP contribution in [0.4, 0.5) is 0 Å². The number of nitrogens with zero attached hydrogens (tertiary/aromatic N) is 1. The van der Waals surface area contributed by atoms with Crippen LogP contribution in [0.5, 0.6) is 0 Å². The molecular weight excluding hydrogens is 553 g/mol. The normalized spacial score (nSPS) is 17.8. The van der Waals surface area contributed by atoms with Crippen LogP contribution in [-0.4, -0.2) is 71.5 Å². The second-order valence-electron chi connectivity index (χ2n) is 10.5. The summed E-state index contributed by atoms with van der Waals surface area (Å²) in [4.78, 5) is 27.8. The number of aliphatic carboxylic acids is 1. The molecule has 0 bridgehead atoms. The average Bonchev–Trinajstić information content (AvgIpc) is 3.35. The van der Waals surface area contributed by atoms with Gasteiger partial charge in [0.25, 0.3) is 5.91 Å². The quantitative estimate of drug-likeness (QED) is 0.234. The Kier molecular flexibility index (Phi) is 11.7. The monoisotopic (exact) mass is 592 g/mol. The fourth-order valence-electron chi connectivity index (χ4n) is 5.36. The first-order valence-corrected chi connectivity index (χ1v) is 16.4. The highest BCUT2D eigenvalue weighted by Crippen LogP contribution is 2.33. The van der Waals surface area contributed by atoms with E-state index in [9.17, 15) is 14.7 Å². The Labute approximate surface area is 252 Å². The first kappa shape index (κ1) is 31.2. The van der Waals surface area contributed by atoms with E-state index in [4.69, 9.17) is 4.74 Å². The third-order valence-electron chi connectivity index (χ3n) is 7.54. The molecule has 1 heterocycles. The minimum absolute atomic E-state index is 0.325. The van der Waals surface area contributed by atoms with Crippen molar-refractivity contribution in [1.82, 2.24) is 10.2 Å². The van der Waals surface area contributed by atoms with E-state index < -0.39 is 12.0 Å². The van der Waals surface area contributed by atoms with Crippen molar-refractivity contribution in [3.05, 3.63) is 95.1 Å². The van der Waals surface area contributed by atoms with Crippen molar-refractivity contribution in [2.75, 3.05) is 32.3 Å². The van der Waals surface area contributed by atoms with E-state index in [2.05, 4.69) is 46.6 Å². The Morgan fingerprint density at radius 3 is 2.51 bits per heavy atom. The number of rotatable bonds is 14. The fourth-order valence-corrected chi connectivity index (χ4v) is 7.10. The van der Waals surface area contributed by atoms with Crippen molar-refractivity contribution in [2.45, 2.75) is 49.4 Å². The first-order valence-electron chi connectivity index (χ1n) is 14.0. The summed E-state index contributed by atoms with van der Waals surface area (Å²) in [5.41, 5.74) is 5.81. The molecule has 2 N–H and O–H groups in total. The van der Waals surface area contributed by atoms with Gasteiger partial charge in [0, 0.05) is 42.8 Å². The number of carbonyl (C=O) groups excluding carboxylic acids is 1. The number of hydrogen-bond donors (Lipinski definition) is 2. The average molecular weight is 593 g/mol. The Morgan fingerprint density at radius 2 is 1.80 bits per heavy atom. The molecular formula is C33H40N2O4S2. The maximum atomic E-state index is 13.4. The van der Waals surface area contributed by atoms with Crippen LogP contribution in [-0.2, 0) is 21.8 Å². The number of thioether (sulfide) groups is 2. The molecule has 4 rings (SSSR count). The fraction of sp³-hybridized carbons (Fsp3) is 0.394. The highest BCUT2D eigenvalue weighted by molar-refractivity contribution is 7.99. The standard InChI is InChI=1S/C33H40N2O4S2/c1-23-9-7-8-12-28(23)30-17-25(13-14-29(30)32(36)34-31(33(37)38)15-16-40-3)19-35-20-27(18-26(35)21-39-2)41-22-24-10-5-4-6-11-24/h4-14,17,26-27,31H,15-16,18-22H2,1-3H3,(H,34,36)(H,37,38)/t26-,27-,31+/m1/s1. The lowest BCUT2D eigenvalue weighted by Crippen LogP contribution is -2.41. The second kappa shape index (κ2) is 15.4. The number of carboxylic acid groups (broad SMARTS) is 1. The van der Waals surface area contributed by atoms with Crippen molar-refractivity contribution in [1.29, 1.82) is 0 Å². The van der Waals surface area contributed by atoms with Gasteiger partial charge < -0.3 is 15.2 Å². The summed E-state index contributed by atoms with van der Waals surface area (Å²) in [6.45, 7) is 4.44. The molecule has 3 atom stereocenters. The van der Waals surface area contributed by atoms with Crippen molar-refractivity contribution in [3.63, 3.8) is 0 Å². The minimum Gasteiger partial charge on any atom is -0.480 e. The van der Waals surface area contributed by atoms with Crippen molar-refractivity contribution in [2.24, 2.45) is 0 Å². The van der Waals surface area contributed by atoms with E-state index in [0.29, 0.717) is 35.6 Å². The lowest BCUT2D eigenvalue weighted by Gasteiger charge is -2.24. The van der Waals surface area contributed by atoms with E-state index in [1.54, 1.807) is 18.9 Å². The number of hydrogen-bond acceptors (Lipinski definition) is 6. The molecule has 0 aromatic heterocycles. The van der Waals surface area contributed by atoms with Gasteiger partial charge in [-0.05, 0) is 71.7 Å². The molecule has 0 radical (unpaired) electrons. The van der Waals surface area contributed by atoms with Crippen molar-refractivity contribution < 1.29 is 19.4 Å². The molecule has 41 heavy (non-hydrogen) atoms. The molecule has 1 amide bonds. The van der Waals surface area contributed by atoms with Gasteiger partial charge in [-0.25, -0.2) is 4.79 Å². The highest BCUT2D eigenvalue weighted by Gasteiger charge is 2.32. The Morgan fingerprint density at radius 1 is 1.05 bits per heavy atom. The van der Waals surface area contributed by atoms with Crippen LogP contribution in [0.25, 0.3) is 11.1 Å². The van der Waals surface area contributed by atoms with Gasteiger partial charge in [0.2, 0.25) is 0 Å². The number of carbonyl (C=O) groups is 2. The molecule has 1 fully saturated rings. The van der Waals surface area contributed by atoms with Gasteiger partial charge in [-0.2, -0.15) is 23.5 Å². The topological polar surface area (TPSA) is 78.9 Å². The number of likely N-dealkylation sites (tertiary alicyclic amines) is 1. The molecule has 3 aromatic carbocycles. The largest absolute Gasteiger partial charge is 0.480 e. The Bertz CT molecular complexity index is 1300. The lowest BCUT2D eigenvalue weighted by atomic mass is 9.93. The van der Waals surface area contributed by atoms with Gasteiger partial charge in [-0.15, -0.1) is 0 Å². The first-order chi connectivity index (χ1) is 19.9. The number of benzene rings is 3. The SMILES string of the molecule is COC[C@H]1C[C@@H](SCc2ccccc2)CN1Cc1ccc(C(=O)N[C@@H](CCSC)C(=O)O)c(-c2ccccc2C)c1. The van der Waals surface area contributed by atoms with Gasteiger partial charge in [0.05, 0.1) is 6.61 Å². The van der Waals surface area contributed by atoms with E-state index in [-0.39, 0.29) is 5.91 Å². The van der Waals surface area contributed by atoms with Crippen LogP contribution >= 0.6 is 23.5 Å². The molecule has 1 aliphatic rings. The number of aryl methyl sites for hydroxylation is 1. The highest BCUT2D eigenvalue weighted by atomic mass is 32.2. The summed E-state index contributed by atoms with van der Waals surface area (Å²) in [6.07, 6.45) is 3.37. The third-order valence-corrected chi connectivity index (χ3v) is 9.50. The number of nitrogens with one attached hydrogen (secondary N) is 1. The molecule has 1 saturated heterocycles. The van der Waals surface area contributed by atoms with E-state index >= 15 is 0 Å². The van der Waals surface area contributed by atoms with E-state index in [1.165, 1.54) is 5.56 Å². The molecule has 0 unspecified atom stereocenters. The van der Waals surface area contributed by atoms with E-state index in [0.717, 1.165) is 47.5 Å². The van der Waals surface area contributed by atoms with Gasteiger partial charge >= 0.3 is 5.97 Å². The summed E-state index contributed by atoms with van der Waals surface area (Å²) < 4.78 is 5.60. The summed E-state index contributed by atoms with van der Waals surface area (Å²) in [5, 5.41) is 13.0. The zero-order chi connectivity index (χ0) is 29.2. The number of ether oxygens (including phenoxy) is 1. The Hall–Kier alpha value is -2.78. The van der Waals surface area contributed by atoms with Crippen LogP contribution in [0.15, 0.2) is 72.8 Å². The van der Waals surface area contributed by atoms with E-state index in [1.807, 2.05) is 61.3 Å². The van der Waals surface area contributed by atoms with Crippen molar-refractivity contribution in [3.8, 4) is 11.1 Å². The third kappa shape index (κ3) is 8.61. The maximum Gasteiger partial charge on any atom is 0.326 e. The predicted molar refractivity (Wildman–Crippen MR) is 171 cm³/mol. The van der Waals surface area contributed by atoms with Gasteiger partial charge in [0.1, 0.15) is 6.04 Å². The molecule has 0 spiro atoms. The predicted octanol–water partition coefficient (Wildman–Crippen LogP) is 6.12. The lowest BCUT2D eigenvalue weighted by molar-refractivity contribution is -0.139. The van der Waals surface area contributed by atoms with Crippen LogP contribution in [0.3, 0.4) is 0 Å². The number of amides is 1. The number of methoxy groups -OCH3 is 1.